The number of halogens is 2. The standard InChI is InChI=1S/C17H22F2N4OS2/c1-3-17(18,19)10-8-11(23-6-4-9(25-2)5-7-23)22-16-12(10)13(20)14(26-16)15(21)24/h8-9H,3-7,20H2,1-2H3,(H2,21,24). The van der Waals surface area contributed by atoms with Crippen LogP contribution in [0.3, 0.4) is 0 Å². The van der Waals surface area contributed by atoms with Gasteiger partial charge >= 0.3 is 0 Å². The first-order chi connectivity index (χ1) is 12.3. The number of primary amides is 1. The molecule has 9 heteroatoms. The number of carbonyl (C=O) groups is 1. The molecule has 26 heavy (non-hydrogen) atoms. The minimum atomic E-state index is -3.06. The lowest BCUT2D eigenvalue weighted by atomic mass is 10.0. The number of nitrogens with two attached hydrogens (primary N) is 2. The summed E-state index contributed by atoms with van der Waals surface area (Å²) < 4.78 is 29.3. The summed E-state index contributed by atoms with van der Waals surface area (Å²) in [6.45, 7) is 2.96. The highest BCUT2D eigenvalue weighted by Crippen LogP contribution is 2.44. The summed E-state index contributed by atoms with van der Waals surface area (Å²) in [5.41, 5.74) is 11.1. The molecule has 4 N–H and O–H groups in total. The molecule has 0 radical (unpaired) electrons. The Morgan fingerprint density at radius 3 is 2.65 bits per heavy atom. The Labute approximate surface area is 159 Å². The smallest absolute Gasteiger partial charge is 0.273 e. The molecule has 3 heterocycles. The van der Waals surface area contributed by atoms with E-state index in [0.29, 0.717) is 15.9 Å². The van der Waals surface area contributed by atoms with Crippen LogP contribution in [0.15, 0.2) is 6.07 Å². The molecule has 0 aliphatic carbocycles. The lowest BCUT2D eigenvalue weighted by Gasteiger charge is -2.32. The van der Waals surface area contributed by atoms with E-state index < -0.39 is 11.8 Å². The van der Waals surface area contributed by atoms with Crippen LogP contribution in [0, 0.1) is 0 Å². The zero-order valence-electron chi connectivity index (χ0n) is 14.7. The average Bonchev–Trinajstić information content (AvgIpc) is 2.98. The fourth-order valence-corrected chi connectivity index (χ4v) is 4.90. The second kappa shape index (κ2) is 7.19. The molecule has 2 aromatic rings. The Morgan fingerprint density at radius 2 is 2.12 bits per heavy atom. The quantitative estimate of drug-likeness (QED) is 0.797. The lowest BCUT2D eigenvalue weighted by Crippen LogP contribution is -2.35. The SMILES string of the molecule is CCC(F)(F)c1cc(N2CCC(SC)CC2)nc2sc(C(N)=O)c(N)c12. The molecular weight excluding hydrogens is 378 g/mol. The predicted octanol–water partition coefficient (Wildman–Crippen LogP) is 3.81. The fraction of sp³-hybridized carbons (Fsp3) is 0.529. The van der Waals surface area contributed by atoms with Gasteiger partial charge in [-0.15, -0.1) is 11.3 Å². The van der Waals surface area contributed by atoms with Gasteiger partial charge in [-0.3, -0.25) is 4.79 Å². The third-order valence-corrected chi connectivity index (χ3v) is 7.10. The van der Waals surface area contributed by atoms with Crippen molar-refractivity contribution in [1.29, 1.82) is 0 Å². The number of fused-ring (bicyclic) bond motifs is 1. The fourth-order valence-electron chi connectivity index (χ4n) is 3.25. The number of anilines is 2. The Hall–Kier alpha value is -1.61. The third-order valence-electron chi connectivity index (χ3n) is 4.85. The highest BCUT2D eigenvalue weighted by atomic mass is 32.2. The highest BCUT2D eigenvalue weighted by molar-refractivity contribution is 7.99. The van der Waals surface area contributed by atoms with Gasteiger partial charge in [-0.05, 0) is 25.2 Å². The zero-order valence-corrected chi connectivity index (χ0v) is 16.4. The largest absolute Gasteiger partial charge is 0.397 e. The van der Waals surface area contributed by atoms with Gasteiger partial charge < -0.3 is 16.4 Å². The monoisotopic (exact) mass is 400 g/mol. The maximum Gasteiger partial charge on any atom is 0.273 e. The summed E-state index contributed by atoms with van der Waals surface area (Å²) in [6.07, 6.45) is 3.70. The van der Waals surface area contributed by atoms with Crippen molar-refractivity contribution in [2.45, 2.75) is 37.4 Å². The Morgan fingerprint density at radius 1 is 1.46 bits per heavy atom. The number of thioether (sulfide) groups is 1. The van der Waals surface area contributed by atoms with Crippen LogP contribution in [0.5, 0.6) is 0 Å². The molecule has 1 aliphatic heterocycles. The van der Waals surface area contributed by atoms with Gasteiger partial charge in [0.05, 0.1) is 5.69 Å². The van der Waals surface area contributed by atoms with Gasteiger partial charge in [0.25, 0.3) is 11.8 Å². The first-order valence-electron chi connectivity index (χ1n) is 8.47. The average molecular weight is 401 g/mol. The number of amides is 1. The predicted molar refractivity (Wildman–Crippen MR) is 105 cm³/mol. The topological polar surface area (TPSA) is 85.2 Å². The van der Waals surface area contributed by atoms with Crippen molar-refractivity contribution in [3.05, 3.63) is 16.5 Å². The van der Waals surface area contributed by atoms with E-state index in [9.17, 15) is 13.6 Å². The number of pyridine rings is 1. The van der Waals surface area contributed by atoms with Crippen molar-refractivity contribution < 1.29 is 13.6 Å². The molecule has 0 unspecified atom stereocenters. The van der Waals surface area contributed by atoms with Gasteiger partial charge in [0.1, 0.15) is 15.5 Å². The number of nitrogen functional groups attached to an aromatic ring is 1. The van der Waals surface area contributed by atoms with E-state index in [2.05, 4.69) is 11.2 Å². The molecule has 3 rings (SSSR count). The second-order valence-electron chi connectivity index (χ2n) is 6.40. The van der Waals surface area contributed by atoms with Crippen LogP contribution >= 0.6 is 23.1 Å². The van der Waals surface area contributed by atoms with Crippen molar-refractivity contribution >= 4 is 50.7 Å². The highest BCUT2D eigenvalue weighted by Gasteiger charge is 2.35. The Bertz CT molecular complexity index is 832. The van der Waals surface area contributed by atoms with Crippen LogP contribution in [-0.4, -0.2) is 35.5 Å². The minimum absolute atomic E-state index is 0.000709. The Balaban J connectivity index is 2.13. The van der Waals surface area contributed by atoms with Crippen molar-refractivity contribution in [3.8, 4) is 0 Å². The van der Waals surface area contributed by atoms with E-state index in [4.69, 9.17) is 11.5 Å². The van der Waals surface area contributed by atoms with Gasteiger partial charge in [0.15, 0.2) is 0 Å². The van der Waals surface area contributed by atoms with Crippen LogP contribution in [-0.2, 0) is 5.92 Å². The molecular formula is C17H22F2N4OS2. The Kier molecular flexibility index (Phi) is 5.30. The van der Waals surface area contributed by atoms with Crippen LogP contribution in [0.25, 0.3) is 10.2 Å². The van der Waals surface area contributed by atoms with Gasteiger partial charge in [-0.25, -0.2) is 13.8 Å². The molecule has 0 aromatic carbocycles. The minimum Gasteiger partial charge on any atom is -0.397 e. The van der Waals surface area contributed by atoms with E-state index in [1.165, 1.54) is 13.0 Å². The summed E-state index contributed by atoms with van der Waals surface area (Å²) in [6, 6.07) is 1.43. The molecule has 0 bridgehead atoms. The van der Waals surface area contributed by atoms with Crippen LogP contribution in [0.1, 0.15) is 41.4 Å². The van der Waals surface area contributed by atoms with Gasteiger partial charge in [0, 0.05) is 35.7 Å². The van der Waals surface area contributed by atoms with Gasteiger partial charge in [0.2, 0.25) is 0 Å². The molecule has 1 amide bonds. The number of thiophene rings is 1. The summed E-state index contributed by atoms with van der Waals surface area (Å²) >= 11 is 2.81. The summed E-state index contributed by atoms with van der Waals surface area (Å²) in [5.74, 6) is -3.27. The molecule has 5 nitrogen and oxygen atoms in total. The molecule has 0 atom stereocenters. The van der Waals surface area contributed by atoms with Crippen LogP contribution in [0.2, 0.25) is 0 Å². The van der Waals surface area contributed by atoms with Crippen molar-refractivity contribution in [2.75, 3.05) is 30.0 Å². The third kappa shape index (κ3) is 3.34. The number of piperidine rings is 1. The maximum atomic E-state index is 14.7. The molecule has 0 spiro atoms. The number of nitrogens with zero attached hydrogens (tertiary/aromatic N) is 2. The molecule has 0 saturated carbocycles. The lowest BCUT2D eigenvalue weighted by molar-refractivity contribution is -0.00671. The van der Waals surface area contributed by atoms with Gasteiger partial charge in [-0.1, -0.05) is 6.92 Å². The van der Waals surface area contributed by atoms with E-state index in [-0.39, 0.29) is 27.9 Å². The molecule has 1 saturated heterocycles. The van der Waals surface area contributed by atoms with Crippen molar-refractivity contribution in [2.24, 2.45) is 5.73 Å². The molecule has 142 valence electrons. The number of carbonyl (C=O) groups excluding carboxylic acids is 1. The van der Waals surface area contributed by atoms with E-state index in [0.717, 1.165) is 37.3 Å². The number of rotatable bonds is 5. The number of hydrogen-bond acceptors (Lipinski definition) is 6. The maximum absolute atomic E-state index is 14.7. The summed E-state index contributed by atoms with van der Waals surface area (Å²) in [5, 5.41) is 0.740. The first kappa shape index (κ1) is 19.2. The first-order valence-corrected chi connectivity index (χ1v) is 10.6. The van der Waals surface area contributed by atoms with E-state index >= 15 is 0 Å². The van der Waals surface area contributed by atoms with Gasteiger partial charge in [-0.2, -0.15) is 11.8 Å². The van der Waals surface area contributed by atoms with E-state index in [1.807, 2.05) is 16.7 Å². The van der Waals surface area contributed by atoms with Crippen LogP contribution in [0.4, 0.5) is 20.3 Å². The zero-order chi connectivity index (χ0) is 19.1. The van der Waals surface area contributed by atoms with E-state index in [1.54, 1.807) is 0 Å². The molecule has 1 fully saturated rings. The number of alkyl halides is 2. The summed E-state index contributed by atoms with van der Waals surface area (Å²) in [4.78, 5) is 18.6. The number of hydrogen-bond donors (Lipinski definition) is 2. The van der Waals surface area contributed by atoms with Crippen molar-refractivity contribution in [1.82, 2.24) is 4.98 Å². The van der Waals surface area contributed by atoms with Crippen LogP contribution < -0.4 is 16.4 Å². The van der Waals surface area contributed by atoms with Crippen molar-refractivity contribution in [3.63, 3.8) is 0 Å². The second-order valence-corrected chi connectivity index (χ2v) is 8.53. The number of aromatic nitrogens is 1. The molecule has 1 aliphatic rings. The molecule has 2 aromatic heterocycles. The summed E-state index contributed by atoms with van der Waals surface area (Å²) in [7, 11) is 0. The normalized spacial score (nSPS) is 16.4.